The molecular weight excluding hydrogens is 403 g/mol. The molecule has 2 aromatic rings. The fourth-order valence-electron chi connectivity index (χ4n) is 3.15. The topological polar surface area (TPSA) is 126 Å². The predicted octanol–water partition coefficient (Wildman–Crippen LogP) is 0.892. The first-order valence-electron chi connectivity index (χ1n) is 8.81. The summed E-state index contributed by atoms with van der Waals surface area (Å²) in [5.41, 5.74) is -0.838. The SMILES string of the molecule is O=C(/C=C/c1ccccc1)OC[C@@]1(F)O[C@@H](n2ccc(=O)[nH]c2=O)[C@@H]2OC(=O)O[C@@H]21. The summed E-state index contributed by atoms with van der Waals surface area (Å²) in [6.45, 7) is -0.919. The van der Waals surface area contributed by atoms with Crippen molar-refractivity contribution < 1.29 is 32.9 Å². The molecular formula is C19H15FN2O8. The van der Waals surface area contributed by atoms with Gasteiger partial charge in [-0.05, 0) is 11.6 Å². The summed E-state index contributed by atoms with van der Waals surface area (Å²) in [4.78, 5) is 48.7. The Balaban J connectivity index is 1.50. The number of aromatic amines is 1. The van der Waals surface area contributed by atoms with E-state index in [9.17, 15) is 19.2 Å². The van der Waals surface area contributed by atoms with Crippen molar-refractivity contribution in [3.05, 3.63) is 75.1 Å². The zero-order valence-corrected chi connectivity index (χ0v) is 15.2. The van der Waals surface area contributed by atoms with Gasteiger partial charge in [0.2, 0.25) is 6.10 Å². The van der Waals surface area contributed by atoms with Crippen LogP contribution in [-0.2, 0) is 23.7 Å². The van der Waals surface area contributed by atoms with E-state index in [0.717, 1.165) is 28.5 Å². The van der Waals surface area contributed by atoms with Crippen LogP contribution in [0.4, 0.5) is 9.18 Å². The third-order valence-corrected chi connectivity index (χ3v) is 4.52. The van der Waals surface area contributed by atoms with Crippen molar-refractivity contribution in [2.75, 3.05) is 6.61 Å². The first-order chi connectivity index (χ1) is 14.4. The average Bonchev–Trinajstić information content (AvgIpc) is 3.23. The number of H-pyrrole nitrogens is 1. The molecule has 1 aromatic heterocycles. The van der Waals surface area contributed by atoms with Crippen LogP contribution in [0.2, 0.25) is 0 Å². The van der Waals surface area contributed by atoms with E-state index in [1.165, 1.54) is 6.08 Å². The molecule has 156 valence electrons. The molecule has 10 nitrogen and oxygen atoms in total. The van der Waals surface area contributed by atoms with Gasteiger partial charge in [-0.25, -0.2) is 18.8 Å². The number of esters is 1. The molecule has 0 saturated carbocycles. The molecule has 4 atom stereocenters. The van der Waals surface area contributed by atoms with Crippen molar-refractivity contribution in [3.8, 4) is 0 Å². The molecule has 4 rings (SSSR count). The van der Waals surface area contributed by atoms with Gasteiger partial charge >= 0.3 is 17.8 Å². The normalized spacial score (nSPS) is 27.5. The van der Waals surface area contributed by atoms with Crippen molar-refractivity contribution >= 4 is 18.2 Å². The van der Waals surface area contributed by atoms with E-state index in [2.05, 4.69) is 0 Å². The summed E-state index contributed by atoms with van der Waals surface area (Å²) in [6.07, 6.45) is -1.86. The molecule has 0 radical (unpaired) electrons. The summed E-state index contributed by atoms with van der Waals surface area (Å²) < 4.78 is 36.2. The van der Waals surface area contributed by atoms with E-state index in [1.54, 1.807) is 24.3 Å². The van der Waals surface area contributed by atoms with E-state index in [-0.39, 0.29) is 0 Å². The maximum atomic E-state index is 15.4. The highest BCUT2D eigenvalue weighted by Gasteiger charge is 2.65. The zero-order valence-electron chi connectivity index (χ0n) is 15.2. The number of carbonyl (C=O) groups excluding carboxylic acids is 2. The van der Waals surface area contributed by atoms with E-state index in [0.29, 0.717) is 0 Å². The standard InChI is InChI=1S/C19H15FN2O8/c20-19(10-27-13(24)7-6-11-4-2-1-3-5-11)15-14(28-18(26)29-15)16(30-19)22-9-8-12(23)21-17(22)25/h1-9,14-16H,10H2,(H,21,23,25)/b7-6+/t14-,15+,16-,19-/m1/s1. The summed E-state index contributed by atoms with van der Waals surface area (Å²) in [6, 6.07) is 9.90. The number of nitrogens with one attached hydrogen (secondary N) is 1. The largest absolute Gasteiger partial charge is 0.509 e. The Morgan fingerprint density at radius 1 is 1.20 bits per heavy atom. The monoisotopic (exact) mass is 418 g/mol. The van der Waals surface area contributed by atoms with Gasteiger partial charge in [-0.3, -0.25) is 14.3 Å². The Morgan fingerprint density at radius 3 is 2.70 bits per heavy atom. The van der Waals surface area contributed by atoms with Crippen LogP contribution in [0, 0.1) is 0 Å². The van der Waals surface area contributed by atoms with Gasteiger partial charge in [-0.15, -0.1) is 0 Å². The molecule has 11 heteroatoms. The third-order valence-electron chi connectivity index (χ3n) is 4.52. The average molecular weight is 418 g/mol. The number of halogens is 1. The Hall–Kier alpha value is -3.73. The summed E-state index contributed by atoms with van der Waals surface area (Å²) in [5.74, 6) is -3.63. The van der Waals surface area contributed by atoms with Gasteiger partial charge in [-0.1, -0.05) is 30.3 Å². The number of fused-ring (bicyclic) bond motifs is 1. The third kappa shape index (κ3) is 3.74. The quantitative estimate of drug-likeness (QED) is 0.561. The van der Waals surface area contributed by atoms with Gasteiger partial charge in [0.25, 0.3) is 11.4 Å². The summed E-state index contributed by atoms with van der Waals surface area (Å²) in [7, 11) is 0. The van der Waals surface area contributed by atoms with E-state index < -0.39 is 54.3 Å². The molecule has 0 spiro atoms. The number of aromatic nitrogens is 2. The summed E-state index contributed by atoms with van der Waals surface area (Å²) >= 11 is 0. The van der Waals surface area contributed by atoms with Crippen LogP contribution < -0.4 is 11.2 Å². The van der Waals surface area contributed by atoms with Gasteiger partial charge in [0, 0.05) is 18.3 Å². The van der Waals surface area contributed by atoms with Gasteiger partial charge in [0.05, 0.1) is 0 Å². The summed E-state index contributed by atoms with van der Waals surface area (Å²) in [5, 5.41) is 0. The van der Waals surface area contributed by atoms with Crippen LogP contribution in [0.5, 0.6) is 0 Å². The van der Waals surface area contributed by atoms with Gasteiger partial charge in [0.1, 0.15) is 0 Å². The second-order valence-corrected chi connectivity index (χ2v) is 6.53. The van der Waals surface area contributed by atoms with Crippen LogP contribution in [0.3, 0.4) is 0 Å². The molecule has 2 aliphatic rings. The lowest BCUT2D eigenvalue weighted by molar-refractivity contribution is -0.218. The molecule has 30 heavy (non-hydrogen) atoms. The van der Waals surface area contributed by atoms with Crippen LogP contribution in [0.25, 0.3) is 6.08 Å². The zero-order chi connectivity index (χ0) is 21.3. The molecule has 2 fully saturated rings. The number of carbonyl (C=O) groups is 2. The predicted molar refractivity (Wildman–Crippen MR) is 96.9 cm³/mol. The first-order valence-corrected chi connectivity index (χ1v) is 8.81. The Kier molecular flexibility index (Phi) is 4.96. The lowest BCUT2D eigenvalue weighted by Gasteiger charge is -2.23. The van der Waals surface area contributed by atoms with E-state index >= 15 is 4.39 Å². The van der Waals surface area contributed by atoms with Crippen molar-refractivity contribution in [1.29, 1.82) is 0 Å². The van der Waals surface area contributed by atoms with Gasteiger partial charge in [-0.2, -0.15) is 0 Å². The maximum absolute atomic E-state index is 15.4. The number of ether oxygens (including phenoxy) is 4. The molecule has 3 heterocycles. The highest BCUT2D eigenvalue weighted by Crippen LogP contribution is 2.44. The lowest BCUT2D eigenvalue weighted by Crippen LogP contribution is -2.42. The van der Waals surface area contributed by atoms with Gasteiger partial charge in [0.15, 0.2) is 18.9 Å². The Bertz CT molecular complexity index is 1110. The number of rotatable bonds is 5. The second kappa shape index (κ2) is 7.59. The second-order valence-electron chi connectivity index (χ2n) is 6.53. The smallest absolute Gasteiger partial charge is 0.456 e. The minimum atomic E-state index is -2.77. The molecule has 2 saturated heterocycles. The minimum Gasteiger partial charge on any atom is -0.456 e. The molecule has 0 aliphatic carbocycles. The fraction of sp³-hybridized carbons (Fsp3) is 0.263. The van der Waals surface area contributed by atoms with Crippen molar-refractivity contribution in [2.24, 2.45) is 0 Å². The Labute approximate surface area is 167 Å². The molecule has 0 unspecified atom stereocenters. The van der Waals surface area contributed by atoms with Crippen LogP contribution in [0.1, 0.15) is 11.8 Å². The minimum absolute atomic E-state index is 0.670. The first kappa shape index (κ1) is 19.6. The van der Waals surface area contributed by atoms with Crippen molar-refractivity contribution in [2.45, 2.75) is 24.3 Å². The Morgan fingerprint density at radius 2 is 1.97 bits per heavy atom. The molecule has 0 bridgehead atoms. The fourth-order valence-corrected chi connectivity index (χ4v) is 3.15. The van der Waals surface area contributed by atoms with Crippen molar-refractivity contribution in [1.82, 2.24) is 9.55 Å². The van der Waals surface area contributed by atoms with Crippen molar-refractivity contribution in [3.63, 3.8) is 0 Å². The molecule has 1 aromatic carbocycles. The maximum Gasteiger partial charge on any atom is 0.509 e. The van der Waals surface area contributed by atoms with Gasteiger partial charge < -0.3 is 18.9 Å². The number of hydrogen-bond donors (Lipinski definition) is 1. The van der Waals surface area contributed by atoms with E-state index in [1.807, 2.05) is 11.1 Å². The van der Waals surface area contributed by atoms with E-state index in [4.69, 9.17) is 18.9 Å². The highest BCUT2D eigenvalue weighted by atomic mass is 19.2. The van der Waals surface area contributed by atoms with Crippen LogP contribution >= 0.6 is 0 Å². The number of nitrogens with zero attached hydrogens (tertiary/aromatic N) is 1. The molecule has 0 amide bonds. The number of benzene rings is 1. The lowest BCUT2D eigenvalue weighted by atomic mass is 10.1. The van der Waals surface area contributed by atoms with Crippen LogP contribution in [-0.4, -0.2) is 46.3 Å². The molecule has 1 N–H and O–H groups in total. The number of alkyl halides is 1. The van der Waals surface area contributed by atoms with Crippen LogP contribution in [0.15, 0.2) is 58.3 Å². The number of hydrogen-bond acceptors (Lipinski definition) is 8. The highest BCUT2D eigenvalue weighted by molar-refractivity contribution is 5.87. The molecule has 2 aliphatic heterocycles.